The number of hydrogen-bond donors (Lipinski definition) is 0. The lowest BCUT2D eigenvalue weighted by Gasteiger charge is -2.33. The number of likely N-dealkylation sites (tertiary alicyclic amines) is 1. The van der Waals surface area contributed by atoms with Gasteiger partial charge >= 0.3 is 0 Å². The molecule has 1 atom stereocenters. The summed E-state index contributed by atoms with van der Waals surface area (Å²) in [5.41, 5.74) is -0.163. The van der Waals surface area contributed by atoms with Crippen LogP contribution in [0.3, 0.4) is 0 Å². The highest BCUT2D eigenvalue weighted by Gasteiger charge is 2.46. The smallest absolute Gasteiger partial charge is 0.225 e. The average Bonchev–Trinajstić information content (AvgIpc) is 3.06. The first kappa shape index (κ1) is 17.4. The number of amides is 2. The van der Waals surface area contributed by atoms with E-state index in [1.165, 1.54) is 0 Å². The maximum absolute atomic E-state index is 12.6. The minimum absolute atomic E-state index is 0.0117. The summed E-state index contributed by atoms with van der Waals surface area (Å²) < 4.78 is 0. The Morgan fingerprint density at radius 1 is 1.33 bits per heavy atom. The van der Waals surface area contributed by atoms with Crippen molar-refractivity contribution in [2.24, 2.45) is 11.3 Å². The highest BCUT2D eigenvalue weighted by molar-refractivity contribution is 7.09. The van der Waals surface area contributed by atoms with Crippen LogP contribution in [0.25, 0.3) is 0 Å². The van der Waals surface area contributed by atoms with Crippen LogP contribution in [0.2, 0.25) is 0 Å². The van der Waals surface area contributed by atoms with Gasteiger partial charge in [-0.25, -0.2) is 4.98 Å². The highest BCUT2D eigenvalue weighted by atomic mass is 32.1. The van der Waals surface area contributed by atoms with Crippen LogP contribution in [0.4, 0.5) is 0 Å². The Kier molecular flexibility index (Phi) is 4.92. The summed E-state index contributed by atoms with van der Waals surface area (Å²) in [6, 6.07) is 0. The van der Waals surface area contributed by atoms with E-state index in [4.69, 9.17) is 0 Å². The number of aromatic nitrogens is 1. The van der Waals surface area contributed by atoms with Gasteiger partial charge in [0.2, 0.25) is 11.8 Å². The minimum Gasteiger partial charge on any atom is -0.345 e. The summed E-state index contributed by atoms with van der Waals surface area (Å²) in [5, 5.41) is 3.08. The van der Waals surface area contributed by atoms with Crippen molar-refractivity contribution in [2.45, 2.75) is 26.8 Å². The molecule has 0 aromatic carbocycles. The molecule has 6 nitrogen and oxygen atoms in total. The highest BCUT2D eigenvalue weighted by Crippen LogP contribution is 2.35. The van der Waals surface area contributed by atoms with Gasteiger partial charge in [-0.15, -0.1) is 11.3 Å². The van der Waals surface area contributed by atoms with Gasteiger partial charge in [-0.2, -0.15) is 0 Å². The third kappa shape index (κ3) is 3.62. The SMILES string of the molecule is CC(C)C(=O)N1CCN(Cc2nccs2)C[C@]2(CC(=O)N(C)C2)C1. The van der Waals surface area contributed by atoms with Gasteiger partial charge in [-0.05, 0) is 0 Å². The van der Waals surface area contributed by atoms with Crippen LogP contribution in [0.15, 0.2) is 11.6 Å². The molecule has 0 saturated carbocycles. The maximum Gasteiger partial charge on any atom is 0.225 e. The third-order valence-corrected chi connectivity index (χ3v) is 5.71. The standard InChI is InChI=1S/C17H26N4O2S/c1-13(2)16(23)21-6-5-20(9-14-18-4-7-24-14)11-17(12-21)8-15(22)19(3)10-17/h4,7,13H,5-6,8-12H2,1-3H3/t17-/m1/s1. The molecule has 2 aliphatic rings. The second kappa shape index (κ2) is 6.80. The Labute approximate surface area is 147 Å². The predicted molar refractivity (Wildman–Crippen MR) is 93.5 cm³/mol. The van der Waals surface area contributed by atoms with Crippen LogP contribution >= 0.6 is 11.3 Å². The lowest BCUT2D eigenvalue weighted by molar-refractivity contribution is -0.135. The first-order valence-electron chi connectivity index (χ1n) is 8.52. The van der Waals surface area contributed by atoms with Gasteiger partial charge in [0, 0.05) is 69.1 Å². The molecule has 1 aromatic rings. The van der Waals surface area contributed by atoms with E-state index in [1.807, 2.05) is 42.3 Å². The minimum atomic E-state index is -0.163. The van der Waals surface area contributed by atoms with Gasteiger partial charge < -0.3 is 9.80 Å². The molecule has 2 fully saturated rings. The second-order valence-electron chi connectivity index (χ2n) is 7.48. The van der Waals surface area contributed by atoms with Crippen molar-refractivity contribution in [1.82, 2.24) is 19.7 Å². The van der Waals surface area contributed by atoms with Crippen molar-refractivity contribution >= 4 is 23.2 Å². The van der Waals surface area contributed by atoms with Crippen LogP contribution in [-0.4, -0.2) is 71.3 Å². The van der Waals surface area contributed by atoms with Gasteiger partial charge in [-0.3, -0.25) is 14.5 Å². The van der Waals surface area contributed by atoms with Crippen molar-refractivity contribution in [3.05, 3.63) is 16.6 Å². The zero-order chi connectivity index (χ0) is 17.3. The Hall–Kier alpha value is -1.47. The first-order chi connectivity index (χ1) is 11.4. The Bertz CT molecular complexity index is 604. The molecule has 1 spiro atoms. The molecule has 132 valence electrons. The second-order valence-corrected chi connectivity index (χ2v) is 8.46. The normalized spacial score (nSPS) is 25.8. The molecule has 0 bridgehead atoms. The van der Waals surface area contributed by atoms with Gasteiger partial charge in [0.05, 0.1) is 6.54 Å². The number of carbonyl (C=O) groups is 2. The molecule has 0 N–H and O–H groups in total. The lowest BCUT2D eigenvalue weighted by atomic mass is 9.85. The zero-order valence-corrected chi connectivity index (χ0v) is 15.5. The molecular formula is C17H26N4O2S. The van der Waals surface area contributed by atoms with E-state index in [-0.39, 0.29) is 23.1 Å². The van der Waals surface area contributed by atoms with Gasteiger partial charge in [-0.1, -0.05) is 13.8 Å². The summed E-state index contributed by atoms with van der Waals surface area (Å²) in [7, 11) is 1.86. The van der Waals surface area contributed by atoms with Crippen molar-refractivity contribution < 1.29 is 9.59 Å². The van der Waals surface area contributed by atoms with Crippen LogP contribution in [-0.2, 0) is 16.1 Å². The summed E-state index contributed by atoms with van der Waals surface area (Å²) in [6.45, 7) is 8.47. The number of thiazole rings is 1. The topological polar surface area (TPSA) is 56.8 Å². The molecule has 1 aromatic heterocycles. The van der Waals surface area contributed by atoms with E-state index in [9.17, 15) is 9.59 Å². The lowest BCUT2D eigenvalue weighted by Crippen LogP contribution is -2.45. The van der Waals surface area contributed by atoms with Crippen LogP contribution < -0.4 is 0 Å². The number of rotatable bonds is 3. The van der Waals surface area contributed by atoms with E-state index >= 15 is 0 Å². The Morgan fingerprint density at radius 3 is 2.71 bits per heavy atom. The Balaban J connectivity index is 1.81. The monoisotopic (exact) mass is 350 g/mol. The first-order valence-corrected chi connectivity index (χ1v) is 9.40. The van der Waals surface area contributed by atoms with E-state index in [2.05, 4.69) is 9.88 Å². The third-order valence-electron chi connectivity index (χ3n) is 4.94. The van der Waals surface area contributed by atoms with E-state index in [1.54, 1.807) is 11.3 Å². The molecular weight excluding hydrogens is 324 g/mol. The Morgan fingerprint density at radius 2 is 2.12 bits per heavy atom. The average molecular weight is 350 g/mol. The summed E-state index contributed by atoms with van der Waals surface area (Å²) in [6.07, 6.45) is 2.36. The molecule has 0 aliphatic carbocycles. The van der Waals surface area contributed by atoms with E-state index in [0.717, 1.165) is 37.7 Å². The summed E-state index contributed by atoms with van der Waals surface area (Å²) in [4.78, 5) is 35.3. The van der Waals surface area contributed by atoms with Crippen molar-refractivity contribution in [3.63, 3.8) is 0 Å². The molecule has 0 radical (unpaired) electrons. The predicted octanol–water partition coefficient (Wildman–Crippen LogP) is 1.29. The molecule has 3 rings (SSSR count). The molecule has 7 heteroatoms. The fourth-order valence-corrected chi connectivity index (χ4v) is 4.53. The maximum atomic E-state index is 12.6. The number of hydrogen-bond acceptors (Lipinski definition) is 5. The molecule has 3 heterocycles. The van der Waals surface area contributed by atoms with Crippen LogP contribution in [0.5, 0.6) is 0 Å². The van der Waals surface area contributed by atoms with Crippen LogP contribution in [0, 0.1) is 11.3 Å². The largest absolute Gasteiger partial charge is 0.345 e. The van der Waals surface area contributed by atoms with Crippen molar-refractivity contribution in [2.75, 3.05) is 39.8 Å². The molecule has 0 unspecified atom stereocenters. The zero-order valence-electron chi connectivity index (χ0n) is 14.7. The van der Waals surface area contributed by atoms with Gasteiger partial charge in [0.15, 0.2) is 0 Å². The summed E-state index contributed by atoms with van der Waals surface area (Å²) in [5.74, 6) is 0.359. The van der Waals surface area contributed by atoms with Crippen molar-refractivity contribution in [3.8, 4) is 0 Å². The molecule has 2 amide bonds. The van der Waals surface area contributed by atoms with E-state index < -0.39 is 0 Å². The van der Waals surface area contributed by atoms with E-state index in [0.29, 0.717) is 13.0 Å². The fourth-order valence-electron chi connectivity index (χ4n) is 3.87. The quantitative estimate of drug-likeness (QED) is 0.824. The number of carbonyl (C=O) groups excluding carboxylic acids is 2. The molecule has 2 saturated heterocycles. The molecule has 24 heavy (non-hydrogen) atoms. The van der Waals surface area contributed by atoms with Gasteiger partial charge in [0.25, 0.3) is 0 Å². The molecule has 2 aliphatic heterocycles. The van der Waals surface area contributed by atoms with Gasteiger partial charge in [0.1, 0.15) is 5.01 Å². The summed E-state index contributed by atoms with van der Waals surface area (Å²) >= 11 is 1.66. The van der Waals surface area contributed by atoms with Crippen molar-refractivity contribution in [1.29, 1.82) is 0 Å². The van der Waals surface area contributed by atoms with Crippen LogP contribution in [0.1, 0.15) is 25.3 Å². The fraction of sp³-hybridized carbons (Fsp3) is 0.706. The number of nitrogens with zero attached hydrogens (tertiary/aromatic N) is 4.